The first-order valence-corrected chi connectivity index (χ1v) is 8.14. The molecule has 0 bridgehead atoms. The monoisotopic (exact) mass is 325 g/mol. The molecular weight excluding hydrogens is 304 g/mol. The summed E-state index contributed by atoms with van der Waals surface area (Å²) in [5, 5.41) is 0. The molecule has 0 radical (unpaired) electrons. The molecule has 0 aliphatic rings. The first-order chi connectivity index (χ1) is 11.5. The van der Waals surface area contributed by atoms with E-state index in [0.29, 0.717) is 5.92 Å². The number of benzene rings is 2. The van der Waals surface area contributed by atoms with Gasteiger partial charge in [0.1, 0.15) is 0 Å². The largest absolute Gasteiger partial charge is 0.314 e. The second-order valence-electron chi connectivity index (χ2n) is 6.36. The van der Waals surface area contributed by atoms with Crippen LogP contribution >= 0.6 is 0 Å². The van der Waals surface area contributed by atoms with E-state index in [1.807, 2.05) is 19.1 Å². The van der Waals surface area contributed by atoms with E-state index >= 15 is 0 Å². The molecule has 0 spiro atoms. The van der Waals surface area contributed by atoms with Gasteiger partial charge in [0.25, 0.3) is 6.43 Å². The summed E-state index contributed by atoms with van der Waals surface area (Å²) in [6.07, 6.45) is -2.43. The number of aryl methyl sites for hydroxylation is 1. The lowest BCUT2D eigenvalue weighted by atomic mass is 10.0. The van der Waals surface area contributed by atoms with Gasteiger partial charge in [-0.1, -0.05) is 50.2 Å². The molecule has 0 atom stereocenters. The van der Waals surface area contributed by atoms with E-state index in [-0.39, 0.29) is 5.56 Å². The Hall–Kier alpha value is -2.42. The summed E-state index contributed by atoms with van der Waals surface area (Å²) in [6, 6.07) is 19.1. The van der Waals surface area contributed by atoms with Gasteiger partial charge in [-0.25, -0.2) is 8.78 Å². The van der Waals surface area contributed by atoms with Crippen molar-refractivity contribution in [2.24, 2.45) is 0 Å². The third-order valence-electron chi connectivity index (χ3n) is 4.35. The van der Waals surface area contributed by atoms with E-state index in [9.17, 15) is 8.78 Å². The number of rotatable bonds is 4. The van der Waals surface area contributed by atoms with Gasteiger partial charge in [0, 0.05) is 16.9 Å². The Bertz CT molecular complexity index is 812. The summed E-state index contributed by atoms with van der Waals surface area (Å²) in [6.45, 7) is 6.39. The lowest BCUT2D eigenvalue weighted by molar-refractivity contribution is 0.151. The van der Waals surface area contributed by atoms with E-state index in [1.165, 1.54) is 17.7 Å². The van der Waals surface area contributed by atoms with Crippen LogP contribution in [0.25, 0.3) is 16.9 Å². The molecule has 0 amide bonds. The number of hydrogen-bond donors (Lipinski definition) is 0. The molecule has 3 heteroatoms. The van der Waals surface area contributed by atoms with Gasteiger partial charge in [-0.3, -0.25) is 0 Å². The second-order valence-corrected chi connectivity index (χ2v) is 6.36. The predicted molar refractivity (Wildman–Crippen MR) is 95.0 cm³/mol. The maximum atomic E-state index is 12.7. The fraction of sp³-hybridized carbons (Fsp3) is 0.238. The van der Waals surface area contributed by atoms with Gasteiger partial charge in [0.15, 0.2) is 0 Å². The number of alkyl halides is 2. The first kappa shape index (κ1) is 16.4. The Balaban J connectivity index is 2.02. The zero-order chi connectivity index (χ0) is 17.3. The molecule has 1 aromatic heterocycles. The van der Waals surface area contributed by atoms with Crippen LogP contribution in [-0.4, -0.2) is 4.57 Å². The normalized spacial score (nSPS) is 11.5. The lowest BCUT2D eigenvalue weighted by Crippen LogP contribution is -1.99. The number of nitrogens with zero attached hydrogens (tertiary/aromatic N) is 1. The quantitative estimate of drug-likeness (QED) is 0.515. The van der Waals surface area contributed by atoms with Crippen molar-refractivity contribution in [2.75, 3.05) is 0 Å². The van der Waals surface area contributed by atoms with E-state index in [4.69, 9.17) is 0 Å². The molecule has 24 heavy (non-hydrogen) atoms. The third kappa shape index (κ3) is 3.12. The van der Waals surface area contributed by atoms with Crippen molar-refractivity contribution in [1.29, 1.82) is 0 Å². The minimum atomic E-state index is -2.43. The summed E-state index contributed by atoms with van der Waals surface area (Å²) in [5.74, 6) is 0.492. The van der Waals surface area contributed by atoms with E-state index in [1.54, 1.807) is 12.1 Å². The van der Waals surface area contributed by atoms with Crippen LogP contribution in [-0.2, 0) is 0 Å². The molecule has 0 unspecified atom stereocenters. The van der Waals surface area contributed by atoms with Gasteiger partial charge < -0.3 is 4.57 Å². The number of aromatic nitrogens is 1. The van der Waals surface area contributed by atoms with Gasteiger partial charge in [-0.05, 0) is 48.2 Å². The SMILES string of the molecule is Cc1ccc(-c2ccc(C(F)F)cc2)n1-c1ccc(C(C)C)cc1. The molecule has 3 aromatic rings. The zero-order valence-electron chi connectivity index (χ0n) is 14.1. The van der Waals surface area contributed by atoms with Crippen molar-refractivity contribution >= 4 is 0 Å². The van der Waals surface area contributed by atoms with Crippen LogP contribution in [0.4, 0.5) is 8.78 Å². The highest BCUT2D eigenvalue weighted by Gasteiger charge is 2.12. The summed E-state index contributed by atoms with van der Waals surface area (Å²) < 4.78 is 27.6. The highest BCUT2D eigenvalue weighted by atomic mass is 19.3. The molecule has 0 saturated heterocycles. The van der Waals surface area contributed by atoms with Crippen LogP contribution in [0.2, 0.25) is 0 Å². The highest BCUT2D eigenvalue weighted by molar-refractivity contribution is 5.64. The van der Waals surface area contributed by atoms with E-state index in [2.05, 4.69) is 42.7 Å². The molecule has 0 aliphatic carbocycles. The maximum absolute atomic E-state index is 12.7. The van der Waals surface area contributed by atoms with Crippen LogP contribution in [0, 0.1) is 6.92 Å². The van der Waals surface area contributed by atoms with Gasteiger partial charge in [-0.2, -0.15) is 0 Å². The van der Waals surface area contributed by atoms with Crippen LogP contribution in [0.5, 0.6) is 0 Å². The molecule has 0 saturated carbocycles. The Labute approximate surface area is 141 Å². The van der Waals surface area contributed by atoms with Crippen molar-refractivity contribution in [3.8, 4) is 16.9 Å². The van der Waals surface area contributed by atoms with Gasteiger partial charge in [-0.15, -0.1) is 0 Å². The first-order valence-electron chi connectivity index (χ1n) is 8.14. The molecule has 124 valence electrons. The Morgan fingerprint density at radius 2 is 1.33 bits per heavy atom. The maximum Gasteiger partial charge on any atom is 0.263 e. The van der Waals surface area contributed by atoms with Crippen molar-refractivity contribution in [1.82, 2.24) is 4.57 Å². The highest BCUT2D eigenvalue weighted by Crippen LogP contribution is 2.29. The molecular formula is C21H21F2N. The molecule has 1 nitrogen and oxygen atoms in total. The summed E-state index contributed by atoms with van der Waals surface area (Å²) in [5.41, 5.74) is 5.47. The van der Waals surface area contributed by atoms with Crippen LogP contribution in [0.15, 0.2) is 60.7 Å². The fourth-order valence-corrected chi connectivity index (χ4v) is 2.91. The van der Waals surface area contributed by atoms with Crippen LogP contribution in [0.1, 0.15) is 43.0 Å². The average Bonchev–Trinajstić information content (AvgIpc) is 2.96. The Morgan fingerprint density at radius 1 is 0.750 bits per heavy atom. The van der Waals surface area contributed by atoms with E-state index < -0.39 is 6.43 Å². The van der Waals surface area contributed by atoms with Gasteiger partial charge in [0.2, 0.25) is 0 Å². The third-order valence-corrected chi connectivity index (χ3v) is 4.35. The standard InChI is InChI=1S/C21H21F2N/c1-14(2)16-9-11-19(12-10-16)24-15(3)4-13-20(24)17-5-7-18(8-6-17)21(22)23/h4-14,21H,1-3H3. The number of hydrogen-bond acceptors (Lipinski definition) is 0. The number of halogens is 2. The van der Waals surface area contributed by atoms with Crippen LogP contribution in [0.3, 0.4) is 0 Å². The molecule has 0 N–H and O–H groups in total. The minimum Gasteiger partial charge on any atom is -0.314 e. The van der Waals surface area contributed by atoms with Crippen molar-refractivity contribution < 1.29 is 8.78 Å². The summed E-state index contributed by atoms with van der Waals surface area (Å²) >= 11 is 0. The summed E-state index contributed by atoms with van der Waals surface area (Å²) in [7, 11) is 0. The summed E-state index contributed by atoms with van der Waals surface area (Å²) in [4.78, 5) is 0. The zero-order valence-corrected chi connectivity index (χ0v) is 14.1. The minimum absolute atomic E-state index is 0.0508. The topological polar surface area (TPSA) is 4.93 Å². The molecule has 1 heterocycles. The van der Waals surface area contributed by atoms with Crippen molar-refractivity contribution in [3.05, 3.63) is 77.5 Å². The average molecular weight is 325 g/mol. The van der Waals surface area contributed by atoms with Crippen molar-refractivity contribution in [2.45, 2.75) is 33.1 Å². The van der Waals surface area contributed by atoms with Gasteiger partial charge >= 0.3 is 0 Å². The van der Waals surface area contributed by atoms with Crippen molar-refractivity contribution in [3.63, 3.8) is 0 Å². The smallest absolute Gasteiger partial charge is 0.263 e. The van der Waals surface area contributed by atoms with Gasteiger partial charge in [0.05, 0.1) is 5.69 Å². The molecule has 3 rings (SSSR count). The fourth-order valence-electron chi connectivity index (χ4n) is 2.91. The van der Waals surface area contributed by atoms with Crippen LogP contribution < -0.4 is 0 Å². The van der Waals surface area contributed by atoms with E-state index in [0.717, 1.165) is 22.6 Å². The predicted octanol–water partition coefficient (Wildman–Crippen LogP) is 6.51. The Morgan fingerprint density at radius 3 is 1.88 bits per heavy atom. The molecule has 0 aliphatic heterocycles. The lowest BCUT2D eigenvalue weighted by Gasteiger charge is -2.14. The second kappa shape index (κ2) is 6.60. The molecule has 0 fully saturated rings. The Kier molecular flexibility index (Phi) is 4.52. The molecule has 2 aromatic carbocycles.